The Morgan fingerprint density at radius 1 is 1.47 bits per heavy atom. The van der Waals surface area contributed by atoms with Gasteiger partial charge in [0.25, 0.3) is 5.56 Å². The molecule has 0 amide bonds. The van der Waals surface area contributed by atoms with Crippen molar-refractivity contribution in [2.24, 2.45) is 0 Å². The molecule has 2 aromatic rings. The van der Waals surface area contributed by atoms with Crippen molar-refractivity contribution < 1.29 is 0 Å². The Morgan fingerprint density at radius 2 is 2.26 bits per heavy atom. The lowest BCUT2D eigenvalue weighted by atomic mass is 10.3. The smallest absolute Gasteiger partial charge is 0.293 e. The molecule has 1 aliphatic carbocycles. The van der Waals surface area contributed by atoms with Crippen LogP contribution in [0.1, 0.15) is 34.2 Å². The fraction of sp³-hybridized carbons (Fsp3) is 0.429. The number of hydrogen-bond donors (Lipinski definition) is 1. The Balaban J connectivity index is 1.76. The zero-order valence-corrected chi connectivity index (χ0v) is 12.0. The summed E-state index contributed by atoms with van der Waals surface area (Å²) >= 11 is 1.76. The van der Waals surface area contributed by atoms with Crippen LogP contribution in [0, 0.1) is 13.8 Å². The lowest BCUT2D eigenvalue weighted by Gasteiger charge is -2.07. The van der Waals surface area contributed by atoms with Crippen LogP contribution in [-0.2, 0) is 6.54 Å². The standard InChI is InChI=1S/C14H17N3OS/c1-9-7-12(19-10(9)2)8-16-13-14(18)17(6-5-15-13)11-3-4-11/h5-7,11H,3-4,8H2,1-2H3,(H,15,16). The van der Waals surface area contributed by atoms with E-state index in [2.05, 4.69) is 30.2 Å². The fourth-order valence-corrected chi connectivity index (χ4v) is 3.09. The summed E-state index contributed by atoms with van der Waals surface area (Å²) in [6.45, 7) is 4.89. The quantitative estimate of drug-likeness (QED) is 0.933. The van der Waals surface area contributed by atoms with Crippen molar-refractivity contribution in [2.75, 3.05) is 5.32 Å². The van der Waals surface area contributed by atoms with Crippen LogP contribution >= 0.6 is 11.3 Å². The first-order valence-corrected chi connectivity index (χ1v) is 7.33. The summed E-state index contributed by atoms with van der Waals surface area (Å²) < 4.78 is 1.79. The molecule has 0 aromatic carbocycles. The molecule has 0 unspecified atom stereocenters. The van der Waals surface area contributed by atoms with E-state index in [0.717, 1.165) is 12.8 Å². The highest BCUT2D eigenvalue weighted by Crippen LogP contribution is 2.33. The highest BCUT2D eigenvalue weighted by Gasteiger charge is 2.25. The topological polar surface area (TPSA) is 46.9 Å². The van der Waals surface area contributed by atoms with Crippen molar-refractivity contribution in [3.8, 4) is 0 Å². The molecule has 2 aromatic heterocycles. The van der Waals surface area contributed by atoms with Crippen LogP contribution in [0.4, 0.5) is 5.82 Å². The molecule has 1 aliphatic rings. The van der Waals surface area contributed by atoms with Gasteiger partial charge in [-0.3, -0.25) is 4.79 Å². The first-order valence-electron chi connectivity index (χ1n) is 6.52. The number of rotatable bonds is 4. The van der Waals surface area contributed by atoms with Crippen LogP contribution in [0.15, 0.2) is 23.3 Å². The molecule has 2 heterocycles. The zero-order valence-electron chi connectivity index (χ0n) is 11.1. The van der Waals surface area contributed by atoms with Gasteiger partial charge in [-0.05, 0) is 38.3 Å². The molecule has 1 saturated carbocycles. The van der Waals surface area contributed by atoms with E-state index in [1.54, 1.807) is 28.3 Å². The summed E-state index contributed by atoms with van der Waals surface area (Å²) in [4.78, 5) is 18.9. The van der Waals surface area contributed by atoms with Crippen molar-refractivity contribution in [2.45, 2.75) is 39.3 Å². The number of aromatic nitrogens is 2. The van der Waals surface area contributed by atoms with Gasteiger partial charge >= 0.3 is 0 Å². The second-order valence-corrected chi connectivity index (χ2v) is 6.37. The van der Waals surface area contributed by atoms with Gasteiger partial charge < -0.3 is 9.88 Å². The molecule has 0 spiro atoms. The van der Waals surface area contributed by atoms with Crippen molar-refractivity contribution in [3.63, 3.8) is 0 Å². The van der Waals surface area contributed by atoms with E-state index in [-0.39, 0.29) is 5.56 Å². The van der Waals surface area contributed by atoms with Gasteiger partial charge in [-0.2, -0.15) is 0 Å². The third kappa shape index (κ3) is 2.56. The second-order valence-electron chi connectivity index (χ2n) is 5.02. The van der Waals surface area contributed by atoms with E-state index in [4.69, 9.17) is 0 Å². The third-order valence-corrected chi connectivity index (χ3v) is 4.61. The van der Waals surface area contributed by atoms with Crippen molar-refractivity contribution in [3.05, 3.63) is 44.1 Å². The average molecular weight is 275 g/mol. The molecule has 0 atom stereocenters. The molecule has 1 fully saturated rings. The maximum atomic E-state index is 12.2. The summed E-state index contributed by atoms with van der Waals surface area (Å²) in [5, 5.41) is 3.16. The minimum atomic E-state index is -0.00463. The largest absolute Gasteiger partial charge is 0.361 e. The highest BCUT2D eigenvalue weighted by atomic mass is 32.1. The van der Waals surface area contributed by atoms with Gasteiger partial charge in [-0.1, -0.05) is 0 Å². The molecular weight excluding hydrogens is 258 g/mol. The van der Waals surface area contributed by atoms with Crippen LogP contribution in [0.3, 0.4) is 0 Å². The minimum absolute atomic E-state index is 0.00463. The minimum Gasteiger partial charge on any atom is -0.361 e. The molecule has 19 heavy (non-hydrogen) atoms. The number of anilines is 1. The van der Waals surface area contributed by atoms with E-state index in [9.17, 15) is 4.79 Å². The van der Waals surface area contributed by atoms with Gasteiger partial charge in [-0.15, -0.1) is 11.3 Å². The molecule has 0 radical (unpaired) electrons. The van der Waals surface area contributed by atoms with Gasteiger partial charge in [0.15, 0.2) is 5.82 Å². The molecular formula is C14H17N3OS. The molecule has 3 rings (SSSR count). The lowest BCUT2D eigenvalue weighted by Crippen LogP contribution is -2.23. The Kier molecular flexibility index (Phi) is 3.14. The third-order valence-electron chi connectivity index (χ3n) is 3.46. The number of aryl methyl sites for hydroxylation is 2. The van der Waals surface area contributed by atoms with Crippen molar-refractivity contribution in [1.29, 1.82) is 0 Å². The highest BCUT2D eigenvalue weighted by molar-refractivity contribution is 7.12. The molecule has 0 aliphatic heterocycles. The van der Waals surface area contributed by atoms with Gasteiger partial charge in [0.05, 0.1) is 6.54 Å². The monoisotopic (exact) mass is 275 g/mol. The summed E-state index contributed by atoms with van der Waals surface area (Å²) in [7, 11) is 0. The van der Waals surface area contributed by atoms with Gasteiger partial charge in [-0.25, -0.2) is 4.98 Å². The van der Waals surface area contributed by atoms with Crippen LogP contribution < -0.4 is 10.9 Å². The van der Waals surface area contributed by atoms with Crippen molar-refractivity contribution in [1.82, 2.24) is 9.55 Å². The second kappa shape index (κ2) is 4.81. The number of hydrogen-bond acceptors (Lipinski definition) is 4. The maximum absolute atomic E-state index is 12.2. The van der Waals surface area contributed by atoms with Gasteiger partial charge in [0.2, 0.25) is 0 Å². The molecule has 0 bridgehead atoms. The summed E-state index contributed by atoms with van der Waals surface area (Å²) in [6.07, 6.45) is 5.69. The number of nitrogens with one attached hydrogen (secondary N) is 1. The molecule has 1 N–H and O–H groups in total. The molecule has 5 heteroatoms. The maximum Gasteiger partial charge on any atom is 0.293 e. The van der Waals surface area contributed by atoms with Crippen molar-refractivity contribution >= 4 is 17.2 Å². The van der Waals surface area contributed by atoms with Gasteiger partial charge in [0.1, 0.15) is 0 Å². The molecule has 0 saturated heterocycles. The van der Waals surface area contributed by atoms with Crippen LogP contribution in [0.5, 0.6) is 0 Å². The fourth-order valence-electron chi connectivity index (χ4n) is 2.09. The summed E-state index contributed by atoms with van der Waals surface area (Å²) in [5.41, 5.74) is 1.30. The molecule has 4 nitrogen and oxygen atoms in total. The Bertz CT molecular complexity index is 635. The van der Waals surface area contributed by atoms with E-state index in [1.807, 2.05) is 0 Å². The summed E-state index contributed by atoms with van der Waals surface area (Å²) in [6, 6.07) is 2.55. The van der Waals surface area contributed by atoms with Gasteiger partial charge in [0, 0.05) is 28.2 Å². The normalized spacial score (nSPS) is 14.6. The Hall–Kier alpha value is -1.62. The average Bonchev–Trinajstić information content (AvgIpc) is 3.16. The molecule has 100 valence electrons. The number of nitrogens with zero attached hydrogens (tertiary/aromatic N) is 2. The van der Waals surface area contributed by atoms with E-state index < -0.39 is 0 Å². The Morgan fingerprint density at radius 3 is 2.89 bits per heavy atom. The first-order chi connectivity index (χ1) is 9.15. The van der Waals surface area contributed by atoms with Crippen LogP contribution in [0.25, 0.3) is 0 Å². The zero-order chi connectivity index (χ0) is 13.4. The predicted molar refractivity (Wildman–Crippen MR) is 77.9 cm³/mol. The first kappa shape index (κ1) is 12.4. The van der Waals surface area contributed by atoms with E-state index >= 15 is 0 Å². The van der Waals surface area contributed by atoms with E-state index in [0.29, 0.717) is 18.4 Å². The summed E-state index contributed by atoms with van der Waals surface area (Å²) in [5.74, 6) is 0.457. The predicted octanol–water partition coefficient (Wildman–Crippen LogP) is 2.87. The van der Waals surface area contributed by atoms with Crippen LogP contribution in [-0.4, -0.2) is 9.55 Å². The SMILES string of the molecule is Cc1cc(CNc2nccn(C3CC3)c2=O)sc1C. The number of thiophene rings is 1. The lowest BCUT2D eigenvalue weighted by molar-refractivity contribution is 0.699. The Labute approximate surface area is 116 Å². The van der Waals surface area contributed by atoms with Crippen LogP contribution in [0.2, 0.25) is 0 Å². The van der Waals surface area contributed by atoms with E-state index in [1.165, 1.54) is 15.3 Å².